The van der Waals surface area contributed by atoms with Crippen LogP contribution in [0.15, 0.2) is 53.9 Å². The normalized spacial score (nSPS) is 10.5. The second kappa shape index (κ2) is 9.09. The van der Waals surface area contributed by atoms with Crippen LogP contribution in [0.3, 0.4) is 0 Å². The molecule has 0 spiro atoms. The Balaban J connectivity index is 1.45. The number of esters is 1. The molecule has 2 aromatic carbocycles. The van der Waals surface area contributed by atoms with Gasteiger partial charge in [0.1, 0.15) is 24.0 Å². The van der Waals surface area contributed by atoms with Crippen LogP contribution in [0.25, 0.3) is 0 Å². The van der Waals surface area contributed by atoms with Gasteiger partial charge in [-0.15, -0.1) is 11.3 Å². The second-order valence-electron chi connectivity index (χ2n) is 6.10. The standard InChI is InChI=1S/C20H18N2O5S/c1-14-2-8-18(9-3-14)26-12-19-21-16(13-28-19)10-20(23)27-11-15-4-6-17(7-5-15)22(24)25/h2-9,13H,10-12H2,1H3. The van der Waals surface area contributed by atoms with Gasteiger partial charge in [-0.3, -0.25) is 14.9 Å². The molecule has 3 rings (SSSR count). The average Bonchev–Trinajstić information content (AvgIpc) is 3.13. The molecule has 0 fully saturated rings. The largest absolute Gasteiger partial charge is 0.486 e. The molecular weight excluding hydrogens is 380 g/mol. The summed E-state index contributed by atoms with van der Waals surface area (Å²) in [6.07, 6.45) is 0.0635. The van der Waals surface area contributed by atoms with Gasteiger partial charge in [0.15, 0.2) is 0 Å². The Kier molecular flexibility index (Phi) is 6.33. The lowest BCUT2D eigenvalue weighted by Gasteiger charge is -2.04. The van der Waals surface area contributed by atoms with Crippen LogP contribution in [0.5, 0.6) is 5.75 Å². The first-order valence-corrected chi connectivity index (χ1v) is 9.39. The van der Waals surface area contributed by atoms with Gasteiger partial charge in [-0.05, 0) is 36.8 Å². The van der Waals surface area contributed by atoms with Gasteiger partial charge in [-0.25, -0.2) is 4.98 Å². The lowest BCUT2D eigenvalue weighted by atomic mass is 10.2. The van der Waals surface area contributed by atoms with Crippen LogP contribution < -0.4 is 4.74 Å². The minimum atomic E-state index is -0.474. The number of thiazole rings is 1. The van der Waals surface area contributed by atoms with E-state index in [1.54, 1.807) is 17.5 Å². The predicted molar refractivity (Wildman–Crippen MR) is 104 cm³/mol. The molecule has 1 aromatic heterocycles. The average molecular weight is 398 g/mol. The Morgan fingerprint density at radius 3 is 2.50 bits per heavy atom. The van der Waals surface area contributed by atoms with Crippen molar-refractivity contribution in [2.75, 3.05) is 0 Å². The number of nitrogens with zero attached hydrogens (tertiary/aromatic N) is 2. The van der Waals surface area contributed by atoms with Crippen molar-refractivity contribution in [1.29, 1.82) is 0 Å². The highest BCUT2D eigenvalue weighted by Crippen LogP contribution is 2.17. The molecule has 144 valence electrons. The molecule has 28 heavy (non-hydrogen) atoms. The van der Waals surface area contributed by atoms with E-state index in [2.05, 4.69) is 4.98 Å². The smallest absolute Gasteiger partial charge is 0.312 e. The van der Waals surface area contributed by atoms with Crippen LogP contribution in [0, 0.1) is 17.0 Å². The topological polar surface area (TPSA) is 91.6 Å². The molecule has 0 aliphatic rings. The molecule has 0 aliphatic carbocycles. The van der Waals surface area contributed by atoms with Crippen molar-refractivity contribution < 1.29 is 19.2 Å². The first kappa shape index (κ1) is 19.5. The number of nitro benzene ring substituents is 1. The van der Waals surface area contributed by atoms with E-state index in [1.807, 2.05) is 31.2 Å². The third kappa shape index (κ3) is 5.62. The van der Waals surface area contributed by atoms with Crippen molar-refractivity contribution >= 4 is 23.0 Å². The molecule has 3 aromatic rings. The number of benzene rings is 2. The molecule has 0 amide bonds. The fourth-order valence-electron chi connectivity index (χ4n) is 2.35. The van der Waals surface area contributed by atoms with E-state index in [0.29, 0.717) is 17.9 Å². The zero-order valence-electron chi connectivity index (χ0n) is 15.2. The molecule has 1 heterocycles. The lowest BCUT2D eigenvalue weighted by Crippen LogP contribution is -2.08. The number of rotatable bonds is 8. The minimum absolute atomic E-state index is 0.00191. The van der Waals surface area contributed by atoms with Gasteiger partial charge in [0.05, 0.1) is 17.0 Å². The van der Waals surface area contributed by atoms with Crippen LogP contribution in [0.1, 0.15) is 21.8 Å². The molecule has 0 radical (unpaired) electrons. The van der Waals surface area contributed by atoms with Crippen molar-refractivity contribution in [2.45, 2.75) is 26.6 Å². The predicted octanol–water partition coefficient (Wildman–Crippen LogP) is 4.22. The van der Waals surface area contributed by atoms with Gasteiger partial charge >= 0.3 is 5.97 Å². The van der Waals surface area contributed by atoms with Crippen molar-refractivity contribution in [2.24, 2.45) is 0 Å². The number of carbonyl (C=O) groups excluding carboxylic acids is 1. The van der Waals surface area contributed by atoms with E-state index in [1.165, 1.54) is 23.5 Å². The number of carbonyl (C=O) groups is 1. The number of non-ortho nitro benzene ring substituents is 1. The fraction of sp³-hybridized carbons (Fsp3) is 0.200. The SMILES string of the molecule is Cc1ccc(OCc2nc(CC(=O)OCc3ccc([N+](=O)[O-])cc3)cs2)cc1. The van der Waals surface area contributed by atoms with Crippen molar-refractivity contribution in [3.05, 3.63) is 85.9 Å². The monoisotopic (exact) mass is 398 g/mol. The lowest BCUT2D eigenvalue weighted by molar-refractivity contribution is -0.384. The molecule has 0 bridgehead atoms. The van der Waals surface area contributed by atoms with Crippen molar-refractivity contribution in [3.8, 4) is 5.75 Å². The third-order valence-electron chi connectivity index (χ3n) is 3.86. The highest BCUT2D eigenvalue weighted by Gasteiger charge is 2.11. The molecule has 0 aliphatic heterocycles. The van der Waals surface area contributed by atoms with E-state index in [-0.39, 0.29) is 18.7 Å². The summed E-state index contributed by atoms with van der Waals surface area (Å²) in [5.41, 5.74) is 2.47. The summed E-state index contributed by atoms with van der Waals surface area (Å²) in [5.74, 6) is 0.361. The maximum absolute atomic E-state index is 12.0. The Hall–Kier alpha value is -3.26. The Labute approximate surface area is 165 Å². The third-order valence-corrected chi connectivity index (χ3v) is 4.73. The molecule has 0 saturated heterocycles. The number of hydrogen-bond acceptors (Lipinski definition) is 7. The summed E-state index contributed by atoms with van der Waals surface area (Å²) in [5, 5.41) is 13.2. The van der Waals surface area contributed by atoms with Gasteiger partial charge in [-0.1, -0.05) is 17.7 Å². The second-order valence-corrected chi connectivity index (χ2v) is 7.04. The fourth-order valence-corrected chi connectivity index (χ4v) is 3.06. The van der Waals surface area contributed by atoms with E-state index in [4.69, 9.17) is 9.47 Å². The highest BCUT2D eigenvalue weighted by molar-refractivity contribution is 7.09. The van der Waals surface area contributed by atoms with Crippen LogP contribution >= 0.6 is 11.3 Å². The maximum Gasteiger partial charge on any atom is 0.312 e. The van der Waals surface area contributed by atoms with Gasteiger partial charge < -0.3 is 9.47 Å². The summed E-state index contributed by atoms with van der Waals surface area (Å²) in [7, 11) is 0. The summed E-state index contributed by atoms with van der Waals surface area (Å²) < 4.78 is 10.9. The minimum Gasteiger partial charge on any atom is -0.486 e. The van der Waals surface area contributed by atoms with Crippen LogP contribution in [0.2, 0.25) is 0 Å². The van der Waals surface area contributed by atoms with E-state index in [0.717, 1.165) is 16.3 Å². The highest BCUT2D eigenvalue weighted by atomic mass is 32.1. The first-order chi connectivity index (χ1) is 13.5. The van der Waals surface area contributed by atoms with E-state index < -0.39 is 10.9 Å². The summed E-state index contributed by atoms with van der Waals surface area (Å²) in [6, 6.07) is 13.6. The zero-order valence-corrected chi connectivity index (χ0v) is 16.0. The quantitative estimate of drug-likeness (QED) is 0.320. The van der Waals surface area contributed by atoms with Crippen LogP contribution in [-0.4, -0.2) is 15.9 Å². The van der Waals surface area contributed by atoms with Crippen LogP contribution in [-0.2, 0) is 29.2 Å². The number of hydrogen-bond donors (Lipinski definition) is 0. The van der Waals surface area contributed by atoms with Gasteiger partial charge in [0, 0.05) is 17.5 Å². The van der Waals surface area contributed by atoms with E-state index in [9.17, 15) is 14.9 Å². The Morgan fingerprint density at radius 2 is 1.82 bits per heavy atom. The zero-order chi connectivity index (χ0) is 19.9. The molecule has 0 atom stereocenters. The Morgan fingerprint density at radius 1 is 1.11 bits per heavy atom. The summed E-state index contributed by atoms with van der Waals surface area (Å²) in [6.45, 7) is 2.41. The number of aryl methyl sites for hydroxylation is 1. The molecule has 0 N–H and O–H groups in total. The number of ether oxygens (including phenoxy) is 2. The van der Waals surface area contributed by atoms with E-state index >= 15 is 0 Å². The molecule has 8 heteroatoms. The van der Waals surface area contributed by atoms with Crippen molar-refractivity contribution in [3.63, 3.8) is 0 Å². The van der Waals surface area contributed by atoms with Gasteiger partial charge in [0.25, 0.3) is 5.69 Å². The molecular formula is C20H18N2O5S. The van der Waals surface area contributed by atoms with Crippen LogP contribution in [0.4, 0.5) is 5.69 Å². The molecule has 7 nitrogen and oxygen atoms in total. The number of aromatic nitrogens is 1. The number of nitro groups is 1. The van der Waals surface area contributed by atoms with Crippen molar-refractivity contribution in [1.82, 2.24) is 4.98 Å². The molecule has 0 unspecified atom stereocenters. The first-order valence-electron chi connectivity index (χ1n) is 8.51. The summed E-state index contributed by atoms with van der Waals surface area (Å²) >= 11 is 1.42. The Bertz CT molecular complexity index is 951. The summed E-state index contributed by atoms with van der Waals surface area (Å²) in [4.78, 5) is 26.5. The maximum atomic E-state index is 12.0. The van der Waals surface area contributed by atoms with Gasteiger partial charge in [-0.2, -0.15) is 0 Å². The van der Waals surface area contributed by atoms with Gasteiger partial charge in [0.2, 0.25) is 0 Å². The molecule has 0 saturated carbocycles.